The number of carbonyl (C=O) groups is 2. The van der Waals surface area contributed by atoms with Gasteiger partial charge in [-0.3, -0.25) is 9.59 Å². The first-order valence-electron chi connectivity index (χ1n) is 9.59. The van der Waals surface area contributed by atoms with Crippen LogP contribution in [-0.2, 0) is 37.2 Å². The number of nitrogens with two attached hydrogens (primary N) is 1. The molecule has 1 atom stereocenters. The van der Waals surface area contributed by atoms with E-state index in [1.807, 2.05) is 6.92 Å². The normalized spacial score (nSPS) is 15.5. The van der Waals surface area contributed by atoms with Crippen LogP contribution in [0.3, 0.4) is 0 Å². The summed E-state index contributed by atoms with van der Waals surface area (Å²) in [5.41, 5.74) is 2.00. The van der Waals surface area contributed by atoms with E-state index in [0.717, 1.165) is 5.56 Å². The lowest BCUT2D eigenvalue weighted by atomic mass is 10.1. The molecule has 31 heavy (non-hydrogen) atoms. The van der Waals surface area contributed by atoms with E-state index in [9.17, 15) is 23.1 Å². The standard InChI is InChI=1S/C21H24N2O7S/c1-13-9-15-11-16(31(22,27)28)5-6-17(15)23(13)20(25)12-30-21(26)8-4-14-3-7-19(29-2)18(24)10-14/h3,5-7,10-11,13,24H,4,8-9,12H2,1-2H3,(H2,22,27,28). The Hall–Kier alpha value is -3.11. The molecular weight excluding hydrogens is 424 g/mol. The van der Waals surface area contributed by atoms with Crippen LogP contribution in [0.15, 0.2) is 41.3 Å². The van der Waals surface area contributed by atoms with Gasteiger partial charge in [0.2, 0.25) is 10.0 Å². The highest BCUT2D eigenvalue weighted by Crippen LogP contribution is 2.33. The summed E-state index contributed by atoms with van der Waals surface area (Å²) in [7, 11) is -2.39. The van der Waals surface area contributed by atoms with Crippen molar-refractivity contribution in [2.24, 2.45) is 5.14 Å². The zero-order valence-electron chi connectivity index (χ0n) is 17.2. The van der Waals surface area contributed by atoms with Gasteiger partial charge in [0.25, 0.3) is 5.91 Å². The fourth-order valence-corrected chi connectivity index (χ4v) is 4.15. The second-order valence-electron chi connectivity index (χ2n) is 7.32. The number of hydrogen-bond acceptors (Lipinski definition) is 7. The van der Waals surface area contributed by atoms with E-state index >= 15 is 0 Å². The quantitative estimate of drug-likeness (QED) is 0.613. The number of benzene rings is 2. The number of methoxy groups -OCH3 is 1. The van der Waals surface area contributed by atoms with Gasteiger partial charge in [0.15, 0.2) is 18.1 Å². The number of hydrogen-bond donors (Lipinski definition) is 2. The van der Waals surface area contributed by atoms with Crippen molar-refractivity contribution in [1.29, 1.82) is 0 Å². The van der Waals surface area contributed by atoms with Crippen molar-refractivity contribution in [3.05, 3.63) is 47.5 Å². The number of ether oxygens (including phenoxy) is 2. The summed E-state index contributed by atoms with van der Waals surface area (Å²) < 4.78 is 33.2. The minimum Gasteiger partial charge on any atom is -0.504 e. The van der Waals surface area contributed by atoms with E-state index in [2.05, 4.69) is 0 Å². The number of nitrogens with zero attached hydrogens (tertiary/aromatic N) is 1. The number of sulfonamides is 1. The highest BCUT2D eigenvalue weighted by atomic mass is 32.2. The lowest BCUT2D eigenvalue weighted by Crippen LogP contribution is -2.38. The third-order valence-corrected chi connectivity index (χ3v) is 5.99. The Morgan fingerprint density at radius 3 is 2.61 bits per heavy atom. The fraction of sp³-hybridized carbons (Fsp3) is 0.333. The Labute approximate surface area is 180 Å². The van der Waals surface area contributed by atoms with E-state index in [1.165, 1.54) is 36.3 Å². The number of primary sulfonamides is 1. The van der Waals surface area contributed by atoms with Gasteiger partial charge in [-0.2, -0.15) is 0 Å². The van der Waals surface area contributed by atoms with Crippen LogP contribution in [0.2, 0.25) is 0 Å². The smallest absolute Gasteiger partial charge is 0.306 e. The van der Waals surface area contributed by atoms with Gasteiger partial charge in [0.1, 0.15) is 0 Å². The van der Waals surface area contributed by atoms with Crippen LogP contribution in [0.25, 0.3) is 0 Å². The van der Waals surface area contributed by atoms with Crippen LogP contribution < -0.4 is 14.8 Å². The molecule has 9 nitrogen and oxygen atoms in total. The Bertz CT molecular complexity index is 1110. The first-order valence-corrected chi connectivity index (χ1v) is 11.1. The zero-order chi connectivity index (χ0) is 22.8. The van der Waals surface area contributed by atoms with E-state index < -0.39 is 28.5 Å². The Balaban J connectivity index is 1.57. The summed E-state index contributed by atoms with van der Waals surface area (Å²) in [6.07, 6.45) is 0.853. The molecule has 3 N–H and O–H groups in total. The highest BCUT2D eigenvalue weighted by Gasteiger charge is 2.32. The monoisotopic (exact) mass is 448 g/mol. The number of anilines is 1. The maximum atomic E-state index is 12.7. The molecule has 1 amide bonds. The molecule has 1 aliphatic rings. The SMILES string of the molecule is COc1ccc(CCC(=O)OCC(=O)N2c3ccc(S(N)(=O)=O)cc3CC2C)cc1O. The van der Waals surface area contributed by atoms with Crippen LogP contribution in [-0.4, -0.2) is 45.2 Å². The minimum atomic E-state index is -3.83. The summed E-state index contributed by atoms with van der Waals surface area (Å²) >= 11 is 0. The Morgan fingerprint density at radius 1 is 1.23 bits per heavy atom. The van der Waals surface area contributed by atoms with E-state index in [-0.39, 0.29) is 23.1 Å². The number of phenolic OH excluding ortho intramolecular Hbond substituents is 1. The number of fused-ring (bicyclic) bond motifs is 1. The Kier molecular flexibility index (Phi) is 6.51. The number of aromatic hydroxyl groups is 1. The van der Waals surface area contributed by atoms with Crippen LogP contribution in [0.1, 0.15) is 24.5 Å². The zero-order valence-corrected chi connectivity index (χ0v) is 18.0. The summed E-state index contributed by atoms with van der Waals surface area (Å²) in [6.45, 7) is 1.40. The maximum Gasteiger partial charge on any atom is 0.306 e. The molecule has 10 heteroatoms. The molecule has 3 rings (SSSR count). The molecule has 0 aliphatic carbocycles. The van der Waals surface area contributed by atoms with Gasteiger partial charge in [0.05, 0.1) is 12.0 Å². The van der Waals surface area contributed by atoms with E-state index in [0.29, 0.717) is 29.8 Å². The molecule has 2 aromatic carbocycles. The molecular formula is C21H24N2O7S. The first-order chi connectivity index (χ1) is 14.6. The predicted molar refractivity (Wildman–Crippen MR) is 112 cm³/mol. The van der Waals surface area contributed by atoms with Crippen LogP contribution in [0, 0.1) is 0 Å². The van der Waals surface area contributed by atoms with Crippen molar-refractivity contribution in [2.75, 3.05) is 18.6 Å². The molecule has 1 unspecified atom stereocenters. The number of carbonyl (C=O) groups excluding carboxylic acids is 2. The molecule has 0 saturated carbocycles. The average molecular weight is 448 g/mol. The van der Waals surface area contributed by atoms with Gasteiger partial charge in [-0.1, -0.05) is 6.07 Å². The highest BCUT2D eigenvalue weighted by molar-refractivity contribution is 7.89. The number of esters is 1. The third kappa shape index (κ3) is 5.15. The molecule has 0 fully saturated rings. The molecule has 0 spiro atoms. The van der Waals surface area contributed by atoms with Gasteiger partial charge in [-0.15, -0.1) is 0 Å². The van der Waals surface area contributed by atoms with Crippen LogP contribution in [0.5, 0.6) is 11.5 Å². The molecule has 0 aromatic heterocycles. The van der Waals surface area contributed by atoms with Crippen molar-refractivity contribution in [2.45, 2.75) is 37.1 Å². The van der Waals surface area contributed by atoms with Crippen molar-refractivity contribution in [3.8, 4) is 11.5 Å². The number of amides is 1. The molecule has 2 aromatic rings. The topological polar surface area (TPSA) is 136 Å². The van der Waals surface area contributed by atoms with Crippen molar-refractivity contribution in [1.82, 2.24) is 0 Å². The summed E-state index contributed by atoms with van der Waals surface area (Å²) in [5, 5.41) is 15.0. The third-order valence-electron chi connectivity index (χ3n) is 5.08. The van der Waals surface area contributed by atoms with Gasteiger partial charge in [0, 0.05) is 18.2 Å². The predicted octanol–water partition coefficient (Wildman–Crippen LogP) is 1.50. The number of phenols is 1. The molecule has 0 radical (unpaired) electrons. The van der Waals surface area contributed by atoms with Gasteiger partial charge in [-0.25, -0.2) is 13.6 Å². The lowest BCUT2D eigenvalue weighted by Gasteiger charge is -2.22. The molecule has 0 bridgehead atoms. The van der Waals surface area contributed by atoms with Gasteiger partial charge in [-0.05, 0) is 61.2 Å². The summed E-state index contributed by atoms with van der Waals surface area (Å²) in [6, 6.07) is 8.99. The molecule has 1 aliphatic heterocycles. The summed E-state index contributed by atoms with van der Waals surface area (Å²) in [5.74, 6) is -0.616. The molecule has 1 heterocycles. The number of rotatable bonds is 7. The largest absolute Gasteiger partial charge is 0.504 e. The van der Waals surface area contributed by atoms with Gasteiger partial charge >= 0.3 is 5.97 Å². The first kappa shape index (κ1) is 22.6. The fourth-order valence-electron chi connectivity index (χ4n) is 3.59. The van der Waals surface area contributed by atoms with Crippen LogP contribution in [0.4, 0.5) is 5.69 Å². The minimum absolute atomic E-state index is 0.0104. The van der Waals surface area contributed by atoms with Gasteiger partial charge < -0.3 is 19.5 Å². The van der Waals surface area contributed by atoms with E-state index in [1.54, 1.807) is 12.1 Å². The summed E-state index contributed by atoms with van der Waals surface area (Å²) in [4.78, 5) is 26.2. The number of aryl methyl sites for hydroxylation is 1. The van der Waals surface area contributed by atoms with Crippen molar-refractivity contribution < 1.29 is 32.6 Å². The Morgan fingerprint density at radius 2 is 1.97 bits per heavy atom. The van der Waals surface area contributed by atoms with E-state index in [4.69, 9.17) is 14.6 Å². The second kappa shape index (κ2) is 8.94. The van der Waals surface area contributed by atoms with Crippen molar-refractivity contribution in [3.63, 3.8) is 0 Å². The second-order valence-corrected chi connectivity index (χ2v) is 8.88. The maximum absolute atomic E-state index is 12.7. The van der Waals surface area contributed by atoms with Crippen LogP contribution >= 0.6 is 0 Å². The lowest BCUT2D eigenvalue weighted by molar-refractivity contribution is -0.147. The molecule has 0 saturated heterocycles. The molecule has 166 valence electrons. The van der Waals surface area contributed by atoms with Crippen molar-refractivity contribution >= 4 is 27.6 Å². The average Bonchev–Trinajstić information content (AvgIpc) is 3.04.